The van der Waals surface area contributed by atoms with E-state index in [9.17, 15) is 0 Å². The number of nitrogen functional groups attached to an aromatic ring is 1. The molecule has 0 fully saturated rings. The van der Waals surface area contributed by atoms with E-state index in [1.165, 1.54) is 13.4 Å². The van der Waals surface area contributed by atoms with E-state index in [4.69, 9.17) is 15.2 Å². The van der Waals surface area contributed by atoms with E-state index in [-0.39, 0.29) is 5.82 Å². The highest BCUT2D eigenvalue weighted by molar-refractivity contribution is 9.10. The van der Waals surface area contributed by atoms with Gasteiger partial charge in [-0.2, -0.15) is 4.98 Å². The molecule has 1 aromatic carbocycles. The van der Waals surface area contributed by atoms with Crippen molar-refractivity contribution in [3.05, 3.63) is 40.6 Å². The first-order chi connectivity index (χ1) is 8.70. The molecule has 0 bridgehead atoms. The van der Waals surface area contributed by atoms with Gasteiger partial charge < -0.3 is 15.2 Å². The van der Waals surface area contributed by atoms with Crippen molar-refractivity contribution in [2.45, 2.75) is 6.61 Å². The Bertz CT molecular complexity index is 531. The molecule has 0 saturated heterocycles. The van der Waals surface area contributed by atoms with Crippen LogP contribution in [0.4, 0.5) is 5.82 Å². The molecule has 2 rings (SSSR count). The molecule has 0 saturated carbocycles. The Balaban J connectivity index is 2.10. The zero-order chi connectivity index (χ0) is 13.0. The number of aromatic nitrogens is 2. The Kier molecular flexibility index (Phi) is 3.99. The molecule has 0 unspecified atom stereocenters. The van der Waals surface area contributed by atoms with Crippen molar-refractivity contribution >= 4 is 21.7 Å². The average Bonchev–Trinajstić information content (AvgIpc) is 2.38. The number of nitrogens with two attached hydrogens (primary N) is 1. The monoisotopic (exact) mass is 309 g/mol. The lowest BCUT2D eigenvalue weighted by Crippen LogP contribution is -2.03. The van der Waals surface area contributed by atoms with Crippen LogP contribution in [0.3, 0.4) is 0 Å². The van der Waals surface area contributed by atoms with Crippen molar-refractivity contribution in [2.24, 2.45) is 0 Å². The second kappa shape index (κ2) is 5.68. The SMILES string of the molecule is COc1c(N)ncnc1OCc1ccc(Br)cc1. The van der Waals surface area contributed by atoms with Gasteiger partial charge in [0.25, 0.3) is 5.88 Å². The summed E-state index contributed by atoms with van der Waals surface area (Å²) in [7, 11) is 1.50. The molecule has 5 nitrogen and oxygen atoms in total. The van der Waals surface area contributed by atoms with Gasteiger partial charge in [-0.25, -0.2) is 4.98 Å². The number of halogens is 1. The lowest BCUT2D eigenvalue weighted by molar-refractivity contribution is 0.272. The van der Waals surface area contributed by atoms with E-state index in [2.05, 4.69) is 25.9 Å². The van der Waals surface area contributed by atoms with Crippen LogP contribution >= 0.6 is 15.9 Å². The lowest BCUT2D eigenvalue weighted by Gasteiger charge is -2.10. The minimum absolute atomic E-state index is 0.262. The number of hydrogen-bond acceptors (Lipinski definition) is 5. The number of ether oxygens (including phenoxy) is 2. The number of nitrogens with zero attached hydrogens (tertiary/aromatic N) is 2. The van der Waals surface area contributed by atoms with Gasteiger partial charge in [0.2, 0.25) is 5.75 Å². The second-order valence-electron chi connectivity index (χ2n) is 3.51. The van der Waals surface area contributed by atoms with Gasteiger partial charge in [-0.05, 0) is 17.7 Å². The lowest BCUT2D eigenvalue weighted by atomic mass is 10.2. The summed E-state index contributed by atoms with van der Waals surface area (Å²) in [5.74, 6) is 0.959. The molecule has 1 aromatic heterocycles. The van der Waals surface area contributed by atoms with Gasteiger partial charge in [0, 0.05) is 4.47 Å². The molecule has 18 heavy (non-hydrogen) atoms. The summed E-state index contributed by atoms with van der Waals surface area (Å²) >= 11 is 3.38. The first kappa shape index (κ1) is 12.6. The summed E-state index contributed by atoms with van der Waals surface area (Å²) in [5, 5.41) is 0. The van der Waals surface area contributed by atoms with E-state index in [1.54, 1.807) is 0 Å². The van der Waals surface area contributed by atoms with Crippen molar-refractivity contribution in [2.75, 3.05) is 12.8 Å². The second-order valence-corrected chi connectivity index (χ2v) is 4.43. The minimum Gasteiger partial charge on any atom is -0.489 e. The largest absolute Gasteiger partial charge is 0.489 e. The maximum absolute atomic E-state index is 5.66. The van der Waals surface area contributed by atoms with Crippen LogP contribution in [0.15, 0.2) is 35.1 Å². The molecule has 0 aliphatic rings. The van der Waals surface area contributed by atoms with Crippen LogP contribution in [-0.2, 0) is 6.61 Å². The average molecular weight is 310 g/mol. The van der Waals surface area contributed by atoms with Crippen LogP contribution in [0.2, 0.25) is 0 Å². The summed E-state index contributed by atoms with van der Waals surface area (Å²) in [6.45, 7) is 0.389. The van der Waals surface area contributed by atoms with Crippen LogP contribution in [0.25, 0.3) is 0 Å². The summed E-state index contributed by atoms with van der Waals surface area (Å²) < 4.78 is 11.7. The normalized spacial score (nSPS) is 10.1. The van der Waals surface area contributed by atoms with E-state index >= 15 is 0 Å². The summed E-state index contributed by atoms with van der Waals surface area (Å²) in [6.07, 6.45) is 1.34. The Labute approximate surface area is 113 Å². The fourth-order valence-corrected chi connectivity index (χ4v) is 1.66. The zero-order valence-corrected chi connectivity index (χ0v) is 11.3. The van der Waals surface area contributed by atoms with Gasteiger partial charge in [-0.15, -0.1) is 0 Å². The van der Waals surface area contributed by atoms with Crippen molar-refractivity contribution in [3.8, 4) is 11.6 Å². The molecule has 1 heterocycles. The minimum atomic E-state index is 0.262. The first-order valence-corrected chi connectivity index (χ1v) is 6.01. The highest BCUT2D eigenvalue weighted by atomic mass is 79.9. The van der Waals surface area contributed by atoms with Crippen LogP contribution in [0, 0.1) is 0 Å². The smallest absolute Gasteiger partial charge is 0.262 e. The van der Waals surface area contributed by atoms with Crippen LogP contribution in [0.1, 0.15) is 5.56 Å². The Morgan fingerprint density at radius 1 is 1.22 bits per heavy atom. The molecule has 0 radical (unpaired) electrons. The van der Waals surface area contributed by atoms with Crippen molar-refractivity contribution in [1.82, 2.24) is 9.97 Å². The van der Waals surface area contributed by atoms with E-state index in [1.807, 2.05) is 24.3 Å². The highest BCUT2D eigenvalue weighted by Crippen LogP contribution is 2.29. The molecule has 0 amide bonds. The molecule has 94 valence electrons. The predicted octanol–water partition coefficient (Wildman–Crippen LogP) is 2.41. The molecule has 0 aliphatic carbocycles. The first-order valence-electron chi connectivity index (χ1n) is 5.22. The molecular formula is C12H12BrN3O2. The summed E-state index contributed by atoms with van der Waals surface area (Å²) in [6, 6.07) is 7.82. The Hall–Kier alpha value is -1.82. The molecule has 6 heteroatoms. The maximum atomic E-state index is 5.66. The van der Waals surface area contributed by atoms with E-state index in [0.717, 1.165) is 10.0 Å². The summed E-state index contributed by atoms with van der Waals surface area (Å²) in [5.41, 5.74) is 6.68. The van der Waals surface area contributed by atoms with Crippen LogP contribution in [-0.4, -0.2) is 17.1 Å². The molecule has 0 spiro atoms. The van der Waals surface area contributed by atoms with Gasteiger partial charge in [-0.1, -0.05) is 28.1 Å². The molecule has 2 N–H and O–H groups in total. The third kappa shape index (κ3) is 2.89. The van der Waals surface area contributed by atoms with Crippen molar-refractivity contribution in [3.63, 3.8) is 0 Å². The predicted molar refractivity (Wildman–Crippen MR) is 71.5 cm³/mol. The maximum Gasteiger partial charge on any atom is 0.262 e. The third-order valence-electron chi connectivity index (χ3n) is 2.29. The van der Waals surface area contributed by atoms with E-state index in [0.29, 0.717) is 18.2 Å². The number of hydrogen-bond donors (Lipinski definition) is 1. The van der Waals surface area contributed by atoms with Crippen LogP contribution < -0.4 is 15.2 Å². The third-order valence-corrected chi connectivity index (χ3v) is 2.82. The van der Waals surface area contributed by atoms with Crippen molar-refractivity contribution in [1.29, 1.82) is 0 Å². The summed E-state index contributed by atoms with van der Waals surface area (Å²) in [4.78, 5) is 7.83. The van der Waals surface area contributed by atoms with Crippen LogP contribution in [0.5, 0.6) is 11.6 Å². The zero-order valence-electron chi connectivity index (χ0n) is 9.76. The van der Waals surface area contributed by atoms with E-state index < -0.39 is 0 Å². The van der Waals surface area contributed by atoms with Gasteiger partial charge in [0.05, 0.1) is 7.11 Å². The number of rotatable bonds is 4. The highest BCUT2D eigenvalue weighted by Gasteiger charge is 2.10. The fourth-order valence-electron chi connectivity index (χ4n) is 1.40. The topological polar surface area (TPSA) is 70.3 Å². The number of benzene rings is 1. The standard InChI is InChI=1S/C12H12BrN3O2/c1-17-10-11(14)15-7-16-12(10)18-6-8-2-4-9(13)5-3-8/h2-5,7H,6H2,1H3,(H2,14,15,16). The van der Waals surface area contributed by atoms with Gasteiger partial charge in [0.15, 0.2) is 5.82 Å². The van der Waals surface area contributed by atoms with Gasteiger partial charge in [0.1, 0.15) is 12.9 Å². The molecule has 0 aliphatic heterocycles. The van der Waals surface area contributed by atoms with Crippen molar-refractivity contribution < 1.29 is 9.47 Å². The number of anilines is 1. The number of methoxy groups -OCH3 is 1. The Morgan fingerprint density at radius 3 is 2.61 bits per heavy atom. The molecular weight excluding hydrogens is 298 g/mol. The Morgan fingerprint density at radius 2 is 1.94 bits per heavy atom. The fraction of sp³-hybridized carbons (Fsp3) is 0.167. The molecule has 2 aromatic rings. The molecule has 0 atom stereocenters. The quantitative estimate of drug-likeness (QED) is 0.939. The van der Waals surface area contributed by atoms with Gasteiger partial charge in [-0.3, -0.25) is 0 Å². The van der Waals surface area contributed by atoms with Gasteiger partial charge >= 0.3 is 0 Å².